The quantitative estimate of drug-likeness (QED) is 0.774. The van der Waals surface area contributed by atoms with E-state index in [1.54, 1.807) is 30.5 Å². The number of fused-ring (bicyclic) bond motifs is 1. The molecule has 0 fully saturated rings. The molecule has 0 radical (unpaired) electrons. The minimum absolute atomic E-state index is 0.151. The molecule has 5 nitrogen and oxygen atoms in total. The van der Waals surface area contributed by atoms with E-state index >= 15 is 4.39 Å². The summed E-state index contributed by atoms with van der Waals surface area (Å²) in [5, 5.41) is 6.52. The average Bonchev–Trinajstić information content (AvgIpc) is 3.30. The first kappa shape index (κ1) is 16.3. The average molecular weight is 351 g/mol. The molecule has 6 heteroatoms. The van der Waals surface area contributed by atoms with Gasteiger partial charge in [0.15, 0.2) is 0 Å². The molecular weight excluding hydrogens is 333 g/mol. The van der Waals surface area contributed by atoms with Gasteiger partial charge in [-0.2, -0.15) is 5.10 Å². The number of benzene rings is 2. The molecule has 0 unspecified atom stereocenters. The third-order valence-corrected chi connectivity index (χ3v) is 4.90. The maximum atomic E-state index is 15.0. The molecule has 2 aromatic carbocycles. The number of amides is 1. The van der Waals surface area contributed by atoms with Gasteiger partial charge < -0.3 is 9.64 Å². The largest absolute Gasteiger partial charge is 0.497 e. The second-order valence-electron chi connectivity index (χ2n) is 6.33. The molecule has 26 heavy (non-hydrogen) atoms. The van der Waals surface area contributed by atoms with Crippen molar-refractivity contribution in [2.24, 2.45) is 0 Å². The lowest BCUT2D eigenvalue weighted by Gasteiger charge is -2.25. The highest BCUT2D eigenvalue weighted by Crippen LogP contribution is 2.36. The maximum absolute atomic E-state index is 15.0. The number of hydrogen-bond donors (Lipinski definition) is 1. The Bertz CT molecular complexity index is 969. The van der Waals surface area contributed by atoms with Crippen molar-refractivity contribution in [2.45, 2.75) is 19.5 Å². The lowest BCUT2D eigenvalue weighted by atomic mass is 10.0. The molecule has 0 bridgehead atoms. The number of nitrogens with one attached hydrogen (secondary N) is 1. The molecule has 1 amide bonds. The highest BCUT2D eigenvalue weighted by molar-refractivity contribution is 6.00. The van der Waals surface area contributed by atoms with Crippen LogP contribution in [-0.4, -0.2) is 28.1 Å². The van der Waals surface area contributed by atoms with E-state index in [2.05, 4.69) is 10.2 Å². The number of carbonyl (C=O) groups is 1. The number of ether oxygens (including phenoxy) is 1. The molecule has 132 valence electrons. The van der Waals surface area contributed by atoms with Gasteiger partial charge in [0.25, 0.3) is 5.91 Å². The van der Waals surface area contributed by atoms with Crippen molar-refractivity contribution in [1.82, 2.24) is 15.1 Å². The highest BCUT2D eigenvalue weighted by atomic mass is 19.1. The summed E-state index contributed by atoms with van der Waals surface area (Å²) in [4.78, 5) is 14.6. The number of hydrogen-bond acceptors (Lipinski definition) is 3. The van der Waals surface area contributed by atoms with Crippen LogP contribution in [0.1, 0.15) is 34.5 Å². The number of aromatic nitrogens is 2. The molecule has 1 aromatic heterocycles. The van der Waals surface area contributed by atoms with Crippen molar-refractivity contribution in [1.29, 1.82) is 0 Å². The molecule has 2 heterocycles. The van der Waals surface area contributed by atoms with Crippen LogP contribution < -0.4 is 4.74 Å². The van der Waals surface area contributed by atoms with Crippen LogP contribution in [0.2, 0.25) is 0 Å². The van der Waals surface area contributed by atoms with Gasteiger partial charge in [-0.25, -0.2) is 4.39 Å². The standard InChI is InChI=1S/C20H18FN3O2/c1-12(13-4-3-5-16(8-13)26-2)24-11-14-6-7-17(15-9-22-23-10-15)19(21)18(14)20(24)25/h3-10,12H,11H2,1-2H3,(H,22,23)/t12-/m1/s1. The van der Waals surface area contributed by atoms with Crippen molar-refractivity contribution in [3.63, 3.8) is 0 Å². The molecule has 0 saturated heterocycles. The fraction of sp³-hybridized carbons (Fsp3) is 0.200. The van der Waals surface area contributed by atoms with Gasteiger partial charge in [-0.3, -0.25) is 9.89 Å². The zero-order valence-corrected chi connectivity index (χ0v) is 14.5. The van der Waals surface area contributed by atoms with Crippen molar-refractivity contribution < 1.29 is 13.9 Å². The zero-order chi connectivity index (χ0) is 18.3. The van der Waals surface area contributed by atoms with Crippen LogP contribution in [0.4, 0.5) is 4.39 Å². The Morgan fingerprint density at radius 2 is 2.15 bits per heavy atom. The summed E-state index contributed by atoms with van der Waals surface area (Å²) in [7, 11) is 1.60. The number of methoxy groups -OCH3 is 1. The first-order valence-corrected chi connectivity index (χ1v) is 8.35. The molecule has 0 aliphatic carbocycles. The lowest BCUT2D eigenvalue weighted by Crippen LogP contribution is -2.27. The third kappa shape index (κ3) is 2.54. The van der Waals surface area contributed by atoms with E-state index in [-0.39, 0.29) is 17.5 Å². The van der Waals surface area contributed by atoms with E-state index < -0.39 is 5.82 Å². The molecular formula is C20H18FN3O2. The molecule has 1 atom stereocenters. The summed E-state index contributed by atoms with van der Waals surface area (Å²) in [6, 6.07) is 10.9. The Morgan fingerprint density at radius 1 is 1.31 bits per heavy atom. The second-order valence-corrected chi connectivity index (χ2v) is 6.33. The summed E-state index contributed by atoms with van der Waals surface area (Å²) in [6.45, 7) is 2.32. The van der Waals surface area contributed by atoms with E-state index in [0.29, 0.717) is 23.2 Å². The number of carbonyl (C=O) groups excluding carboxylic acids is 1. The summed E-state index contributed by atoms with van der Waals surface area (Å²) < 4.78 is 20.3. The highest BCUT2D eigenvalue weighted by Gasteiger charge is 2.35. The van der Waals surface area contributed by atoms with Gasteiger partial charge in [-0.05, 0) is 30.2 Å². The number of rotatable bonds is 4. The fourth-order valence-electron chi connectivity index (χ4n) is 3.39. The smallest absolute Gasteiger partial charge is 0.258 e. The van der Waals surface area contributed by atoms with E-state index in [1.807, 2.05) is 37.3 Å². The predicted octanol–water partition coefficient (Wildman–Crippen LogP) is 3.94. The second kappa shape index (κ2) is 6.29. The molecule has 3 aromatic rings. The molecule has 0 saturated carbocycles. The van der Waals surface area contributed by atoms with Crippen LogP contribution in [0.5, 0.6) is 5.75 Å². The van der Waals surface area contributed by atoms with Crippen LogP contribution in [0.15, 0.2) is 48.8 Å². The number of nitrogens with zero attached hydrogens (tertiary/aromatic N) is 2. The maximum Gasteiger partial charge on any atom is 0.258 e. The van der Waals surface area contributed by atoms with Gasteiger partial charge in [-0.1, -0.05) is 24.3 Å². The molecule has 1 N–H and O–H groups in total. The molecule has 4 rings (SSSR count). The van der Waals surface area contributed by atoms with Crippen molar-refractivity contribution in [3.8, 4) is 16.9 Å². The molecule has 1 aliphatic rings. The number of halogens is 1. The van der Waals surface area contributed by atoms with Crippen LogP contribution in [0.3, 0.4) is 0 Å². The Balaban J connectivity index is 1.69. The number of H-pyrrole nitrogens is 1. The predicted molar refractivity (Wildman–Crippen MR) is 95.3 cm³/mol. The van der Waals surface area contributed by atoms with Gasteiger partial charge in [0.2, 0.25) is 0 Å². The Hall–Kier alpha value is -3.15. The SMILES string of the molecule is COc1cccc([C@@H](C)N2Cc3ccc(-c4cn[nH]c4)c(F)c3C2=O)c1. The van der Waals surface area contributed by atoms with E-state index in [9.17, 15) is 4.79 Å². The van der Waals surface area contributed by atoms with E-state index in [0.717, 1.165) is 11.3 Å². The minimum Gasteiger partial charge on any atom is -0.497 e. The zero-order valence-electron chi connectivity index (χ0n) is 14.5. The van der Waals surface area contributed by atoms with Crippen molar-refractivity contribution >= 4 is 5.91 Å². The van der Waals surface area contributed by atoms with Crippen LogP contribution >= 0.6 is 0 Å². The van der Waals surface area contributed by atoms with Gasteiger partial charge >= 0.3 is 0 Å². The van der Waals surface area contributed by atoms with Gasteiger partial charge in [-0.15, -0.1) is 0 Å². The third-order valence-electron chi connectivity index (χ3n) is 4.90. The Kier molecular flexibility index (Phi) is 3.95. The topological polar surface area (TPSA) is 58.2 Å². The normalized spacial score (nSPS) is 14.4. The van der Waals surface area contributed by atoms with E-state index in [1.165, 1.54) is 0 Å². The summed E-state index contributed by atoms with van der Waals surface area (Å²) in [6.07, 6.45) is 3.15. The van der Waals surface area contributed by atoms with Gasteiger partial charge in [0.1, 0.15) is 11.6 Å². The monoisotopic (exact) mass is 351 g/mol. The van der Waals surface area contributed by atoms with E-state index in [4.69, 9.17) is 4.74 Å². The van der Waals surface area contributed by atoms with Crippen LogP contribution in [0.25, 0.3) is 11.1 Å². The van der Waals surface area contributed by atoms with Gasteiger partial charge in [0, 0.05) is 23.9 Å². The van der Waals surface area contributed by atoms with Crippen LogP contribution in [-0.2, 0) is 6.54 Å². The van der Waals surface area contributed by atoms with Gasteiger partial charge in [0.05, 0.1) is 24.9 Å². The van der Waals surface area contributed by atoms with Crippen molar-refractivity contribution in [2.75, 3.05) is 7.11 Å². The lowest BCUT2D eigenvalue weighted by molar-refractivity contribution is 0.0712. The first-order chi connectivity index (χ1) is 12.6. The summed E-state index contributed by atoms with van der Waals surface area (Å²) in [5.41, 5.74) is 2.80. The fourth-order valence-corrected chi connectivity index (χ4v) is 3.39. The summed E-state index contributed by atoms with van der Waals surface area (Å²) in [5.74, 6) is -0.0562. The van der Waals surface area contributed by atoms with Crippen molar-refractivity contribution in [3.05, 3.63) is 71.3 Å². The minimum atomic E-state index is -0.491. The molecule has 1 aliphatic heterocycles. The number of aromatic amines is 1. The summed E-state index contributed by atoms with van der Waals surface area (Å²) >= 11 is 0. The Labute approximate surface area is 150 Å². The first-order valence-electron chi connectivity index (χ1n) is 8.35. The Morgan fingerprint density at radius 3 is 2.88 bits per heavy atom. The molecule has 0 spiro atoms. The van der Waals surface area contributed by atoms with Crippen LogP contribution in [0, 0.1) is 5.82 Å².